The molecule has 1 N–H and O–H groups in total. The average Bonchev–Trinajstić information content (AvgIpc) is 3.00. The van der Waals surface area contributed by atoms with Gasteiger partial charge in [0.15, 0.2) is 5.82 Å². The molecule has 1 aliphatic carbocycles. The molecule has 0 radical (unpaired) electrons. The number of anilines is 1. The van der Waals surface area contributed by atoms with E-state index in [9.17, 15) is 0 Å². The van der Waals surface area contributed by atoms with Gasteiger partial charge in [0.25, 0.3) is 0 Å². The Bertz CT molecular complexity index is 948. The first kappa shape index (κ1) is 16.0. The maximum absolute atomic E-state index is 5.36. The third-order valence-corrected chi connectivity index (χ3v) is 5.63. The van der Waals surface area contributed by atoms with Crippen LogP contribution in [0.5, 0.6) is 5.75 Å². The molecule has 0 unspecified atom stereocenters. The molecule has 0 bridgehead atoms. The molecule has 5 nitrogen and oxygen atoms in total. The molecule has 1 aliphatic rings. The number of benzene rings is 1. The van der Waals surface area contributed by atoms with Crippen molar-refractivity contribution in [3.8, 4) is 5.75 Å². The van der Waals surface area contributed by atoms with E-state index in [0.29, 0.717) is 0 Å². The van der Waals surface area contributed by atoms with Crippen LogP contribution in [0, 0.1) is 6.92 Å². The normalized spacial score (nSPS) is 14.0. The van der Waals surface area contributed by atoms with Crippen molar-refractivity contribution in [1.29, 1.82) is 0 Å². The number of nitrogens with one attached hydrogen (secondary N) is 1. The Morgan fingerprint density at radius 3 is 2.92 bits per heavy atom. The van der Waals surface area contributed by atoms with E-state index in [2.05, 4.69) is 20.5 Å². The largest absolute Gasteiger partial charge is 0.496 e. The van der Waals surface area contributed by atoms with E-state index >= 15 is 0 Å². The lowest BCUT2D eigenvalue weighted by molar-refractivity contribution is 0.414. The highest BCUT2D eigenvalue weighted by Crippen LogP contribution is 2.38. The quantitative estimate of drug-likeness (QED) is 0.561. The smallest absolute Gasteiger partial charge is 0.158 e. The van der Waals surface area contributed by atoms with Crippen LogP contribution in [0.2, 0.25) is 0 Å². The van der Waals surface area contributed by atoms with Crippen molar-refractivity contribution >= 4 is 33.6 Å². The number of aryl methyl sites for hydroxylation is 3. The minimum atomic E-state index is 0.765. The van der Waals surface area contributed by atoms with E-state index in [1.807, 2.05) is 31.2 Å². The summed E-state index contributed by atoms with van der Waals surface area (Å²) in [5, 5.41) is 5.54. The Hall–Kier alpha value is -2.47. The Balaban J connectivity index is 1.69. The van der Waals surface area contributed by atoms with Crippen molar-refractivity contribution in [2.45, 2.75) is 32.6 Å². The molecular formula is C19H20N4OS. The Morgan fingerprint density at radius 1 is 1.20 bits per heavy atom. The highest BCUT2D eigenvalue weighted by molar-refractivity contribution is 7.19. The molecule has 0 saturated heterocycles. The van der Waals surface area contributed by atoms with Crippen LogP contribution < -0.4 is 10.2 Å². The van der Waals surface area contributed by atoms with Gasteiger partial charge in [-0.3, -0.25) is 5.43 Å². The van der Waals surface area contributed by atoms with Crippen LogP contribution in [-0.2, 0) is 12.8 Å². The first-order valence-corrected chi connectivity index (χ1v) is 9.29. The van der Waals surface area contributed by atoms with Gasteiger partial charge in [-0.05, 0) is 50.3 Å². The van der Waals surface area contributed by atoms with Gasteiger partial charge in [-0.15, -0.1) is 11.3 Å². The molecule has 0 atom stereocenters. The van der Waals surface area contributed by atoms with Gasteiger partial charge >= 0.3 is 0 Å². The highest BCUT2D eigenvalue weighted by atomic mass is 32.1. The molecule has 0 saturated carbocycles. The third kappa shape index (κ3) is 3.09. The maximum atomic E-state index is 5.36. The lowest BCUT2D eigenvalue weighted by Crippen LogP contribution is -2.02. The van der Waals surface area contributed by atoms with Gasteiger partial charge in [-0.25, -0.2) is 9.97 Å². The van der Waals surface area contributed by atoms with Crippen LogP contribution >= 0.6 is 11.3 Å². The van der Waals surface area contributed by atoms with Crippen LogP contribution in [-0.4, -0.2) is 23.3 Å². The average molecular weight is 352 g/mol. The van der Waals surface area contributed by atoms with Gasteiger partial charge in [0.1, 0.15) is 16.4 Å². The van der Waals surface area contributed by atoms with E-state index in [-0.39, 0.29) is 0 Å². The fourth-order valence-electron chi connectivity index (χ4n) is 3.28. The summed E-state index contributed by atoms with van der Waals surface area (Å²) in [6, 6.07) is 7.80. The second kappa shape index (κ2) is 6.80. The summed E-state index contributed by atoms with van der Waals surface area (Å²) >= 11 is 1.80. The Morgan fingerprint density at radius 2 is 2.04 bits per heavy atom. The number of aromatic nitrogens is 2. The van der Waals surface area contributed by atoms with Crippen LogP contribution in [0.3, 0.4) is 0 Å². The number of thiophene rings is 1. The van der Waals surface area contributed by atoms with Gasteiger partial charge in [0, 0.05) is 10.4 Å². The molecule has 0 amide bonds. The van der Waals surface area contributed by atoms with Crippen LogP contribution in [0.4, 0.5) is 5.82 Å². The summed E-state index contributed by atoms with van der Waals surface area (Å²) in [6.07, 6.45) is 6.52. The van der Waals surface area contributed by atoms with Gasteiger partial charge in [0.2, 0.25) is 0 Å². The van der Waals surface area contributed by atoms with Gasteiger partial charge in [-0.1, -0.05) is 12.1 Å². The molecular weight excluding hydrogens is 332 g/mol. The van der Waals surface area contributed by atoms with Crippen molar-refractivity contribution in [3.63, 3.8) is 0 Å². The number of para-hydroxylation sites is 1. The van der Waals surface area contributed by atoms with E-state index in [1.54, 1.807) is 24.7 Å². The summed E-state index contributed by atoms with van der Waals surface area (Å²) < 4.78 is 5.36. The number of rotatable bonds is 4. The second-order valence-corrected chi connectivity index (χ2v) is 7.21. The summed E-state index contributed by atoms with van der Waals surface area (Å²) in [6.45, 7) is 1.92. The van der Waals surface area contributed by atoms with Crippen LogP contribution in [0.15, 0.2) is 29.4 Å². The van der Waals surface area contributed by atoms with Crippen molar-refractivity contribution < 1.29 is 4.74 Å². The van der Waals surface area contributed by atoms with Crippen LogP contribution in [0.1, 0.15) is 34.7 Å². The van der Waals surface area contributed by atoms with E-state index in [4.69, 9.17) is 4.74 Å². The number of fused-ring (bicyclic) bond motifs is 3. The number of nitrogens with zero attached hydrogens (tertiary/aromatic N) is 3. The van der Waals surface area contributed by atoms with E-state index in [1.165, 1.54) is 23.3 Å². The first-order valence-electron chi connectivity index (χ1n) is 8.47. The minimum absolute atomic E-state index is 0.765. The number of methoxy groups -OCH3 is 1. The molecule has 128 valence electrons. The second-order valence-electron chi connectivity index (χ2n) is 6.12. The minimum Gasteiger partial charge on any atom is -0.496 e. The van der Waals surface area contributed by atoms with E-state index < -0.39 is 0 Å². The van der Waals surface area contributed by atoms with Gasteiger partial charge in [-0.2, -0.15) is 5.10 Å². The molecule has 2 heterocycles. The summed E-state index contributed by atoms with van der Waals surface area (Å²) in [7, 11) is 1.66. The summed E-state index contributed by atoms with van der Waals surface area (Å²) in [5.41, 5.74) is 5.46. The van der Waals surface area contributed by atoms with Crippen molar-refractivity contribution in [1.82, 2.24) is 9.97 Å². The molecule has 0 fully saturated rings. The van der Waals surface area contributed by atoms with Crippen molar-refractivity contribution in [2.24, 2.45) is 5.10 Å². The third-order valence-electron chi connectivity index (χ3n) is 4.44. The lowest BCUT2D eigenvalue weighted by atomic mass is 9.97. The molecule has 0 spiro atoms. The molecule has 2 aromatic heterocycles. The zero-order valence-electron chi connectivity index (χ0n) is 14.4. The molecule has 1 aromatic carbocycles. The standard InChI is InChI=1S/C19H20N4OS/c1-12-21-18(23-20-11-13-7-3-5-9-15(13)24-2)17-14-8-4-6-10-16(14)25-19(17)22-12/h3,5,7,9,11H,4,6,8,10H2,1-2H3,(H,21,22,23)/b20-11-. The Labute approximate surface area is 150 Å². The summed E-state index contributed by atoms with van der Waals surface area (Å²) in [5.74, 6) is 2.36. The van der Waals surface area contributed by atoms with Crippen LogP contribution in [0.25, 0.3) is 10.2 Å². The van der Waals surface area contributed by atoms with Crippen molar-refractivity contribution in [2.75, 3.05) is 12.5 Å². The summed E-state index contributed by atoms with van der Waals surface area (Å²) in [4.78, 5) is 11.7. The highest BCUT2D eigenvalue weighted by Gasteiger charge is 2.20. The molecule has 3 aromatic rings. The number of hydrazone groups is 1. The first-order chi connectivity index (χ1) is 12.3. The molecule has 6 heteroatoms. The Kier molecular flexibility index (Phi) is 4.36. The number of hydrogen-bond acceptors (Lipinski definition) is 6. The van der Waals surface area contributed by atoms with Crippen molar-refractivity contribution in [3.05, 3.63) is 46.1 Å². The SMILES string of the molecule is COc1ccccc1/C=N\Nc1nc(C)nc2sc3c(c12)CCCC3. The zero-order valence-corrected chi connectivity index (χ0v) is 15.2. The molecule has 0 aliphatic heterocycles. The maximum Gasteiger partial charge on any atom is 0.158 e. The fourth-order valence-corrected chi connectivity index (χ4v) is 4.59. The predicted molar refractivity (Wildman–Crippen MR) is 103 cm³/mol. The topological polar surface area (TPSA) is 59.4 Å². The van der Waals surface area contributed by atoms with Gasteiger partial charge in [0.05, 0.1) is 18.7 Å². The van der Waals surface area contributed by atoms with Gasteiger partial charge < -0.3 is 4.74 Å². The fraction of sp³-hybridized carbons (Fsp3) is 0.316. The van der Waals surface area contributed by atoms with E-state index in [0.717, 1.165) is 46.0 Å². The molecule has 25 heavy (non-hydrogen) atoms. The number of hydrogen-bond donors (Lipinski definition) is 1. The monoisotopic (exact) mass is 352 g/mol. The zero-order chi connectivity index (χ0) is 17.2. The number of ether oxygens (including phenoxy) is 1. The predicted octanol–water partition coefficient (Wildman–Crippen LogP) is 4.33. The molecule has 4 rings (SSSR count). The lowest BCUT2D eigenvalue weighted by Gasteiger charge is -2.11.